The van der Waals surface area contributed by atoms with Gasteiger partial charge in [-0.1, -0.05) is 6.92 Å². The van der Waals surface area contributed by atoms with E-state index < -0.39 is 0 Å². The molecule has 144 valence electrons. The van der Waals surface area contributed by atoms with Gasteiger partial charge < -0.3 is 19.8 Å². The maximum absolute atomic E-state index is 12.6. The number of piperidine rings is 2. The van der Waals surface area contributed by atoms with Crippen LogP contribution >= 0.6 is 0 Å². The van der Waals surface area contributed by atoms with Crippen molar-refractivity contribution in [2.75, 3.05) is 51.3 Å². The Morgan fingerprint density at radius 2 is 1.88 bits per heavy atom. The van der Waals surface area contributed by atoms with Crippen LogP contribution in [0, 0.1) is 5.92 Å². The molecule has 0 bridgehead atoms. The Bertz CT molecular complexity index is 576. The molecule has 2 aliphatic rings. The zero-order chi connectivity index (χ0) is 18.5. The van der Waals surface area contributed by atoms with Crippen molar-refractivity contribution in [3.8, 4) is 0 Å². The second kappa shape index (κ2) is 8.82. The van der Waals surface area contributed by atoms with Crippen LogP contribution in [0.25, 0.3) is 0 Å². The maximum Gasteiger partial charge on any atom is 0.255 e. The van der Waals surface area contributed by atoms with E-state index in [1.54, 1.807) is 6.20 Å². The Morgan fingerprint density at radius 1 is 1.19 bits per heavy atom. The third-order valence-corrected chi connectivity index (χ3v) is 5.93. The molecule has 0 unspecified atom stereocenters. The standard InChI is InChI=1S/C20H32N4O2/c1-16-5-9-24(10-6-16)20(26)17-3-4-19(21-15-17)23-11-7-18(8-12-23)22(2)13-14-25/h3-4,15-16,18,25H,5-14H2,1-2H3. The van der Waals surface area contributed by atoms with Crippen molar-refractivity contribution in [3.05, 3.63) is 23.9 Å². The van der Waals surface area contributed by atoms with E-state index in [-0.39, 0.29) is 12.5 Å². The highest BCUT2D eigenvalue weighted by molar-refractivity contribution is 5.94. The van der Waals surface area contributed by atoms with Crippen LogP contribution in [0.15, 0.2) is 18.3 Å². The lowest BCUT2D eigenvalue weighted by molar-refractivity contribution is 0.0697. The van der Waals surface area contributed by atoms with Gasteiger partial charge in [0, 0.05) is 45.0 Å². The van der Waals surface area contributed by atoms with Crippen LogP contribution in [0.3, 0.4) is 0 Å². The molecule has 1 aromatic rings. The molecule has 0 saturated carbocycles. The molecule has 0 atom stereocenters. The van der Waals surface area contributed by atoms with Crippen molar-refractivity contribution >= 4 is 11.7 Å². The summed E-state index contributed by atoms with van der Waals surface area (Å²) in [5.41, 5.74) is 0.695. The van der Waals surface area contributed by atoms with Crippen molar-refractivity contribution < 1.29 is 9.90 Å². The van der Waals surface area contributed by atoms with E-state index in [2.05, 4.69) is 28.8 Å². The number of nitrogens with zero attached hydrogens (tertiary/aromatic N) is 4. The third kappa shape index (κ3) is 4.54. The lowest BCUT2D eigenvalue weighted by Gasteiger charge is -2.37. The molecule has 26 heavy (non-hydrogen) atoms. The van der Waals surface area contributed by atoms with Gasteiger partial charge in [0.15, 0.2) is 0 Å². The van der Waals surface area contributed by atoms with Crippen LogP contribution in [0.1, 0.15) is 43.0 Å². The van der Waals surface area contributed by atoms with E-state index in [9.17, 15) is 4.79 Å². The van der Waals surface area contributed by atoms with Gasteiger partial charge >= 0.3 is 0 Å². The van der Waals surface area contributed by atoms with Crippen LogP contribution in [0.2, 0.25) is 0 Å². The van der Waals surface area contributed by atoms with Crippen LogP contribution in [0.4, 0.5) is 5.82 Å². The van der Waals surface area contributed by atoms with Crippen molar-refractivity contribution in [1.29, 1.82) is 0 Å². The van der Waals surface area contributed by atoms with Crippen LogP contribution in [-0.4, -0.2) is 78.2 Å². The summed E-state index contributed by atoms with van der Waals surface area (Å²) in [4.78, 5) is 23.7. The Kier molecular flexibility index (Phi) is 6.48. The number of carbonyl (C=O) groups excluding carboxylic acids is 1. The molecule has 1 aromatic heterocycles. The average Bonchev–Trinajstić information content (AvgIpc) is 2.68. The first-order valence-corrected chi connectivity index (χ1v) is 9.90. The van der Waals surface area contributed by atoms with Gasteiger partial charge in [-0.25, -0.2) is 4.98 Å². The van der Waals surface area contributed by atoms with E-state index in [4.69, 9.17) is 5.11 Å². The van der Waals surface area contributed by atoms with E-state index >= 15 is 0 Å². The summed E-state index contributed by atoms with van der Waals surface area (Å²) in [6, 6.07) is 4.44. The number of hydrogen-bond acceptors (Lipinski definition) is 5. The molecule has 0 aliphatic carbocycles. The average molecular weight is 361 g/mol. The monoisotopic (exact) mass is 360 g/mol. The fraction of sp³-hybridized carbons (Fsp3) is 0.700. The molecule has 3 heterocycles. The minimum atomic E-state index is 0.111. The van der Waals surface area contributed by atoms with Crippen molar-refractivity contribution in [3.63, 3.8) is 0 Å². The summed E-state index contributed by atoms with van der Waals surface area (Å²) in [5.74, 6) is 1.79. The van der Waals surface area contributed by atoms with E-state index in [1.165, 1.54) is 0 Å². The fourth-order valence-electron chi connectivity index (χ4n) is 3.97. The second-order valence-electron chi connectivity index (χ2n) is 7.80. The normalized spacial score (nSPS) is 20.0. The van der Waals surface area contributed by atoms with E-state index in [0.717, 1.165) is 70.1 Å². The predicted molar refractivity (Wildman–Crippen MR) is 103 cm³/mol. The Balaban J connectivity index is 1.54. The molecular formula is C20H32N4O2. The smallest absolute Gasteiger partial charge is 0.255 e. The minimum absolute atomic E-state index is 0.111. The zero-order valence-electron chi connectivity index (χ0n) is 16.1. The first kappa shape index (κ1) is 19.1. The Morgan fingerprint density at radius 3 is 2.46 bits per heavy atom. The molecule has 2 aliphatic heterocycles. The van der Waals surface area contributed by atoms with E-state index in [1.807, 2.05) is 17.0 Å². The van der Waals surface area contributed by atoms with Gasteiger partial charge in [0.25, 0.3) is 5.91 Å². The zero-order valence-corrected chi connectivity index (χ0v) is 16.1. The van der Waals surface area contributed by atoms with E-state index in [0.29, 0.717) is 11.6 Å². The number of aliphatic hydroxyl groups is 1. The summed E-state index contributed by atoms with van der Waals surface area (Å²) in [6.45, 7) is 6.84. The summed E-state index contributed by atoms with van der Waals surface area (Å²) >= 11 is 0. The highest BCUT2D eigenvalue weighted by Gasteiger charge is 2.24. The number of hydrogen-bond donors (Lipinski definition) is 1. The number of rotatable bonds is 5. The first-order chi connectivity index (χ1) is 12.6. The number of pyridine rings is 1. The molecule has 3 rings (SSSR count). The van der Waals surface area contributed by atoms with Gasteiger partial charge in [-0.3, -0.25) is 4.79 Å². The molecule has 0 spiro atoms. The second-order valence-corrected chi connectivity index (χ2v) is 7.80. The van der Waals surface area contributed by atoms with Crippen molar-refractivity contribution in [2.24, 2.45) is 5.92 Å². The lowest BCUT2D eigenvalue weighted by Crippen LogP contribution is -2.44. The molecule has 1 amide bonds. The number of amides is 1. The first-order valence-electron chi connectivity index (χ1n) is 9.90. The number of likely N-dealkylation sites (tertiary alicyclic amines) is 1. The number of carbonyl (C=O) groups is 1. The summed E-state index contributed by atoms with van der Waals surface area (Å²) in [5, 5.41) is 9.08. The summed E-state index contributed by atoms with van der Waals surface area (Å²) in [6.07, 6.45) is 6.07. The molecule has 2 fully saturated rings. The van der Waals surface area contributed by atoms with Crippen LogP contribution in [0.5, 0.6) is 0 Å². The fourth-order valence-corrected chi connectivity index (χ4v) is 3.97. The van der Waals surface area contributed by atoms with Crippen LogP contribution < -0.4 is 4.90 Å². The largest absolute Gasteiger partial charge is 0.395 e. The molecule has 6 nitrogen and oxygen atoms in total. The van der Waals surface area contributed by atoms with Crippen molar-refractivity contribution in [2.45, 2.75) is 38.6 Å². The molecule has 1 N–H and O–H groups in total. The lowest BCUT2D eigenvalue weighted by atomic mass is 9.99. The Hall–Kier alpha value is -1.66. The minimum Gasteiger partial charge on any atom is -0.395 e. The topological polar surface area (TPSA) is 59.9 Å². The van der Waals surface area contributed by atoms with Gasteiger partial charge in [0.1, 0.15) is 5.82 Å². The molecular weight excluding hydrogens is 328 g/mol. The molecule has 0 aromatic carbocycles. The van der Waals surface area contributed by atoms with Gasteiger partial charge in [0.2, 0.25) is 0 Å². The third-order valence-electron chi connectivity index (χ3n) is 5.93. The van der Waals surface area contributed by atoms with Gasteiger partial charge in [-0.05, 0) is 50.8 Å². The Labute approximate surface area is 156 Å². The number of anilines is 1. The molecule has 0 radical (unpaired) electrons. The summed E-state index contributed by atoms with van der Waals surface area (Å²) < 4.78 is 0. The number of aliphatic hydroxyl groups excluding tert-OH is 1. The number of likely N-dealkylation sites (N-methyl/N-ethyl adjacent to an activating group) is 1. The highest BCUT2D eigenvalue weighted by atomic mass is 16.3. The van der Waals surface area contributed by atoms with Gasteiger partial charge in [0.05, 0.1) is 12.2 Å². The van der Waals surface area contributed by atoms with Crippen LogP contribution in [-0.2, 0) is 0 Å². The molecule has 6 heteroatoms. The maximum atomic E-state index is 12.6. The van der Waals surface area contributed by atoms with Gasteiger partial charge in [-0.2, -0.15) is 0 Å². The number of aromatic nitrogens is 1. The molecule has 2 saturated heterocycles. The predicted octanol–water partition coefficient (Wildman–Crippen LogP) is 1.85. The van der Waals surface area contributed by atoms with Crippen molar-refractivity contribution in [1.82, 2.24) is 14.8 Å². The van der Waals surface area contributed by atoms with Gasteiger partial charge in [-0.15, -0.1) is 0 Å². The highest BCUT2D eigenvalue weighted by Crippen LogP contribution is 2.22. The summed E-state index contributed by atoms with van der Waals surface area (Å²) in [7, 11) is 2.08. The SMILES string of the molecule is CC1CCN(C(=O)c2ccc(N3CCC(N(C)CCO)CC3)nc2)CC1. The quantitative estimate of drug-likeness (QED) is 0.868.